The second-order valence-electron chi connectivity index (χ2n) is 3.54. The molecule has 2 nitrogen and oxygen atoms in total. The Morgan fingerprint density at radius 2 is 2.25 bits per heavy atom. The highest BCUT2D eigenvalue weighted by atomic mass is 79.9. The molecule has 0 aromatic carbocycles. The Morgan fingerprint density at radius 3 is 2.67 bits per heavy atom. The summed E-state index contributed by atoms with van der Waals surface area (Å²) in [5, 5.41) is 0. The summed E-state index contributed by atoms with van der Waals surface area (Å²) in [6.07, 6.45) is 1.66. The summed E-state index contributed by atoms with van der Waals surface area (Å²) in [6, 6.07) is 0. The van der Waals surface area contributed by atoms with Crippen LogP contribution in [0, 0.1) is 5.92 Å². The van der Waals surface area contributed by atoms with E-state index in [9.17, 15) is 4.79 Å². The lowest BCUT2D eigenvalue weighted by Crippen LogP contribution is -2.28. The lowest BCUT2D eigenvalue weighted by atomic mass is 10.2. The van der Waals surface area contributed by atoms with Crippen LogP contribution in [0.3, 0.4) is 0 Å². The Morgan fingerprint density at radius 1 is 1.58 bits per heavy atom. The van der Waals surface area contributed by atoms with Gasteiger partial charge >= 0.3 is 0 Å². The Labute approximate surface area is 82.4 Å². The summed E-state index contributed by atoms with van der Waals surface area (Å²) in [7, 11) is 0. The van der Waals surface area contributed by atoms with E-state index in [4.69, 9.17) is 0 Å². The molecule has 70 valence electrons. The fraction of sp³-hybridized carbons (Fsp3) is 0.889. The molecule has 0 N–H and O–H groups in total. The molecule has 1 heterocycles. The highest BCUT2D eigenvalue weighted by molar-refractivity contribution is 9.09. The number of hydrogen-bond acceptors (Lipinski definition) is 1. The Bertz CT molecular complexity index is 162. The second kappa shape index (κ2) is 4.26. The Hall–Kier alpha value is -0.0500. The average molecular weight is 234 g/mol. The largest absolute Gasteiger partial charge is 0.341 e. The smallest absolute Gasteiger partial charge is 0.222 e. The quantitative estimate of drug-likeness (QED) is 0.669. The van der Waals surface area contributed by atoms with Crippen molar-refractivity contribution in [3.05, 3.63) is 0 Å². The van der Waals surface area contributed by atoms with Crippen LogP contribution < -0.4 is 0 Å². The van der Waals surface area contributed by atoms with Crippen molar-refractivity contribution in [3.63, 3.8) is 0 Å². The molecule has 1 rings (SSSR count). The van der Waals surface area contributed by atoms with E-state index >= 15 is 0 Å². The van der Waals surface area contributed by atoms with E-state index in [1.807, 2.05) is 11.8 Å². The Balaban J connectivity index is 2.40. The number of nitrogens with zero attached hydrogens (tertiary/aromatic N) is 1. The summed E-state index contributed by atoms with van der Waals surface area (Å²) in [5.74, 6) is 0.914. The van der Waals surface area contributed by atoms with Crippen LogP contribution in [0.5, 0.6) is 0 Å². The van der Waals surface area contributed by atoms with E-state index in [-0.39, 0.29) is 0 Å². The minimum absolute atomic E-state index is 0.311. The molecule has 0 bridgehead atoms. The van der Waals surface area contributed by atoms with Gasteiger partial charge in [0.2, 0.25) is 5.91 Å². The fourth-order valence-corrected chi connectivity index (χ4v) is 2.02. The van der Waals surface area contributed by atoms with Crippen molar-refractivity contribution in [1.82, 2.24) is 4.90 Å². The number of hydrogen-bond donors (Lipinski definition) is 0. The number of carbonyl (C=O) groups is 1. The number of halogens is 1. The molecule has 3 heteroatoms. The van der Waals surface area contributed by atoms with Gasteiger partial charge in [0.1, 0.15) is 0 Å². The average Bonchev–Trinajstić information content (AvgIpc) is 2.33. The molecule has 0 aromatic rings. The van der Waals surface area contributed by atoms with Gasteiger partial charge in [-0.05, 0) is 12.3 Å². The highest BCUT2D eigenvalue weighted by Gasteiger charge is 2.29. The van der Waals surface area contributed by atoms with Gasteiger partial charge in [0.05, 0.1) is 0 Å². The lowest BCUT2D eigenvalue weighted by molar-refractivity contribution is -0.130. The minimum Gasteiger partial charge on any atom is -0.341 e. The van der Waals surface area contributed by atoms with Crippen LogP contribution in [-0.2, 0) is 4.79 Å². The minimum atomic E-state index is 0.311. The molecular weight excluding hydrogens is 218 g/mol. The van der Waals surface area contributed by atoms with E-state index in [0.717, 1.165) is 19.5 Å². The molecule has 1 aliphatic heterocycles. The fourth-order valence-electron chi connectivity index (χ4n) is 1.50. The summed E-state index contributed by atoms with van der Waals surface area (Å²) in [6.45, 7) is 6.04. The molecule has 0 saturated carbocycles. The first-order valence-electron chi connectivity index (χ1n) is 4.57. The summed E-state index contributed by atoms with van der Waals surface area (Å²) in [4.78, 5) is 13.9. The molecule has 1 fully saturated rings. The van der Waals surface area contributed by atoms with Crippen LogP contribution in [0.2, 0.25) is 0 Å². The van der Waals surface area contributed by atoms with Gasteiger partial charge in [0.25, 0.3) is 0 Å². The third-order valence-electron chi connectivity index (χ3n) is 2.34. The van der Waals surface area contributed by atoms with Crippen LogP contribution in [-0.4, -0.2) is 28.7 Å². The van der Waals surface area contributed by atoms with Gasteiger partial charge in [0, 0.05) is 24.3 Å². The maximum atomic E-state index is 11.4. The van der Waals surface area contributed by atoms with Crippen LogP contribution in [0.15, 0.2) is 0 Å². The van der Waals surface area contributed by atoms with Gasteiger partial charge in [-0.3, -0.25) is 4.79 Å². The number of alkyl halides is 1. The van der Waals surface area contributed by atoms with Crippen LogP contribution in [0.1, 0.15) is 26.7 Å². The maximum absolute atomic E-state index is 11.4. The van der Waals surface area contributed by atoms with E-state index in [0.29, 0.717) is 23.1 Å². The molecule has 0 radical (unpaired) electrons. The molecule has 2 unspecified atom stereocenters. The lowest BCUT2D eigenvalue weighted by Gasteiger charge is -2.14. The zero-order chi connectivity index (χ0) is 9.14. The maximum Gasteiger partial charge on any atom is 0.222 e. The van der Waals surface area contributed by atoms with Gasteiger partial charge in [0.15, 0.2) is 0 Å². The van der Waals surface area contributed by atoms with Crippen molar-refractivity contribution in [2.24, 2.45) is 5.92 Å². The number of amides is 1. The topological polar surface area (TPSA) is 20.3 Å². The van der Waals surface area contributed by atoms with Crippen molar-refractivity contribution >= 4 is 21.8 Å². The predicted octanol–water partition coefficient (Wildman–Crippen LogP) is 2.03. The van der Waals surface area contributed by atoms with Gasteiger partial charge in [-0.1, -0.05) is 29.8 Å². The van der Waals surface area contributed by atoms with Crippen LogP contribution >= 0.6 is 15.9 Å². The monoisotopic (exact) mass is 233 g/mol. The standard InChI is InChI=1S/C9H16BrNO/c1-3-4-9(12)11-5-7(2)8(10)6-11/h7-8H,3-6H2,1-2H3. The normalized spacial score (nSPS) is 29.4. The molecule has 1 aliphatic rings. The summed E-state index contributed by atoms with van der Waals surface area (Å²) >= 11 is 3.57. The van der Waals surface area contributed by atoms with Crippen LogP contribution in [0.25, 0.3) is 0 Å². The first kappa shape index (κ1) is 10.0. The molecule has 1 saturated heterocycles. The van der Waals surface area contributed by atoms with E-state index in [1.165, 1.54) is 0 Å². The van der Waals surface area contributed by atoms with Gasteiger partial charge in [-0.25, -0.2) is 0 Å². The van der Waals surface area contributed by atoms with Gasteiger partial charge in [-0.2, -0.15) is 0 Å². The Kier molecular flexibility index (Phi) is 3.56. The van der Waals surface area contributed by atoms with Crippen molar-refractivity contribution in [1.29, 1.82) is 0 Å². The van der Waals surface area contributed by atoms with Crippen molar-refractivity contribution in [2.75, 3.05) is 13.1 Å². The molecule has 0 spiro atoms. The predicted molar refractivity (Wildman–Crippen MR) is 53.4 cm³/mol. The third kappa shape index (κ3) is 2.22. The van der Waals surface area contributed by atoms with E-state index in [2.05, 4.69) is 22.9 Å². The third-order valence-corrected chi connectivity index (χ3v) is 3.53. The molecule has 0 aromatic heterocycles. The van der Waals surface area contributed by atoms with Crippen molar-refractivity contribution in [3.8, 4) is 0 Å². The molecule has 1 amide bonds. The van der Waals surface area contributed by atoms with Crippen molar-refractivity contribution in [2.45, 2.75) is 31.5 Å². The van der Waals surface area contributed by atoms with Crippen molar-refractivity contribution < 1.29 is 4.79 Å². The number of rotatable bonds is 2. The molecule has 0 aliphatic carbocycles. The highest BCUT2D eigenvalue weighted by Crippen LogP contribution is 2.23. The van der Waals surface area contributed by atoms with Gasteiger partial charge in [-0.15, -0.1) is 0 Å². The van der Waals surface area contributed by atoms with Gasteiger partial charge < -0.3 is 4.90 Å². The van der Waals surface area contributed by atoms with Crippen LogP contribution in [0.4, 0.5) is 0 Å². The summed E-state index contributed by atoms with van der Waals surface area (Å²) < 4.78 is 0. The first-order chi connectivity index (χ1) is 5.65. The zero-order valence-corrected chi connectivity index (χ0v) is 9.30. The zero-order valence-electron chi connectivity index (χ0n) is 7.72. The molecule has 2 atom stereocenters. The van der Waals surface area contributed by atoms with E-state index < -0.39 is 0 Å². The molecule has 12 heavy (non-hydrogen) atoms. The molecular formula is C9H16BrNO. The van der Waals surface area contributed by atoms with E-state index in [1.54, 1.807) is 0 Å². The number of likely N-dealkylation sites (tertiary alicyclic amines) is 1. The number of carbonyl (C=O) groups excluding carboxylic acids is 1. The SMILES string of the molecule is CCCC(=O)N1CC(C)C(Br)C1. The first-order valence-corrected chi connectivity index (χ1v) is 5.48. The second-order valence-corrected chi connectivity index (χ2v) is 4.72. The summed E-state index contributed by atoms with van der Waals surface area (Å²) in [5.41, 5.74) is 0.